The summed E-state index contributed by atoms with van der Waals surface area (Å²) in [7, 11) is 0. The van der Waals surface area contributed by atoms with Crippen LogP contribution in [0.25, 0.3) is 0 Å². The maximum absolute atomic E-state index is 13.3. The van der Waals surface area contributed by atoms with Gasteiger partial charge in [0.15, 0.2) is 6.61 Å². The van der Waals surface area contributed by atoms with E-state index in [1.165, 1.54) is 6.07 Å². The molecule has 17 heavy (non-hydrogen) atoms. The second kappa shape index (κ2) is 6.85. The van der Waals surface area contributed by atoms with E-state index in [9.17, 15) is 9.18 Å². The van der Waals surface area contributed by atoms with Crippen LogP contribution in [0.15, 0.2) is 18.2 Å². The highest BCUT2D eigenvalue weighted by molar-refractivity contribution is 5.77. The van der Waals surface area contributed by atoms with E-state index in [1.54, 1.807) is 12.1 Å². The molecule has 0 spiro atoms. The molecule has 4 nitrogen and oxygen atoms in total. The van der Waals surface area contributed by atoms with E-state index in [2.05, 4.69) is 5.32 Å². The van der Waals surface area contributed by atoms with Crippen molar-refractivity contribution >= 4 is 5.91 Å². The monoisotopic (exact) mass is 240 g/mol. The molecule has 0 heterocycles. The van der Waals surface area contributed by atoms with Gasteiger partial charge in [-0.1, -0.05) is 13.0 Å². The van der Waals surface area contributed by atoms with Crippen LogP contribution in [0.1, 0.15) is 18.9 Å². The molecule has 0 atom stereocenters. The maximum Gasteiger partial charge on any atom is 0.257 e. The predicted molar refractivity (Wildman–Crippen MR) is 63.1 cm³/mol. The Kier molecular flexibility index (Phi) is 5.42. The van der Waals surface area contributed by atoms with Gasteiger partial charge in [-0.15, -0.1) is 0 Å². The van der Waals surface area contributed by atoms with Crippen molar-refractivity contribution in [2.24, 2.45) is 5.73 Å². The lowest BCUT2D eigenvalue weighted by Crippen LogP contribution is -2.29. The number of benzene rings is 1. The molecular weight excluding hydrogens is 223 g/mol. The first-order valence-corrected chi connectivity index (χ1v) is 5.55. The molecule has 94 valence electrons. The summed E-state index contributed by atoms with van der Waals surface area (Å²) in [5.41, 5.74) is 5.76. The first kappa shape index (κ1) is 13.4. The Balaban J connectivity index is 2.47. The second-order valence-corrected chi connectivity index (χ2v) is 3.60. The number of rotatable bonds is 6. The first-order chi connectivity index (χ1) is 8.17. The van der Waals surface area contributed by atoms with Crippen LogP contribution in [0.2, 0.25) is 0 Å². The molecule has 1 rings (SSSR count). The van der Waals surface area contributed by atoms with Crippen LogP contribution < -0.4 is 15.8 Å². The molecule has 0 aliphatic rings. The molecule has 0 radical (unpaired) electrons. The van der Waals surface area contributed by atoms with Crippen molar-refractivity contribution in [2.45, 2.75) is 19.9 Å². The minimum atomic E-state index is -0.418. The molecule has 0 unspecified atom stereocenters. The summed E-state index contributed by atoms with van der Waals surface area (Å²) in [4.78, 5) is 11.2. The van der Waals surface area contributed by atoms with Gasteiger partial charge in [0, 0.05) is 24.7 Å². The lowest BCUT2D eigenvalue weighted by molar-refractivity contribution is -0.123. The smallest absolute Gasteiger partial charge is 0.257 e. The van der Waals surface area contributed by atoms with Crippen molar-refractivity contribution in [1.29, 1.82) is 0 Å². The summed E-state index contributed by atoms with van der Waals surface area (Å²) in [5.74, 6) is -0.305. The maximum atomic E-state index is 13.3. The SMILES string of the molecule is CCCNC(=O)COc1ccc(CN)c(F)c1. The fourth-order valence-electron chi connectivity index (χ4n) is 1.25. The molecule has 0 aromatic heterocycles. The van der Waals surface area contributed by atoms with E-state index in [-0.39, 0.29) is 19.1 Å². The van der Waals surface area contributed by atoms with E-state index < -0.39 is 5.82 Å². The summed E-state index contributed by atoms with van der Waals surface area (Å²) >= 11 is 0. The van der Waals surface area contributed by atoms with Gasteiger partial charge in [-0.3, -0.25) is 4.79 Å². The van der Waals surface area contributed by atoms with Crippen LogP contribution in [-0.2, 0) is 11.3 Å². The van der Waals surface area contributed by atoms with E-state index in [0.29, 0.717) is 17.9 Å². The zero-order valence-electron chi connectivity index (χ0n) is 9.83. The zero-order valence-corrected chi connectivity index (χ0v) is 9.83. The normalized spacial score (nSPS) is 10.1. The summed E-state index contributed by atoms with van der Waals surface area (Å²) in [6.45, 7) is 2.61. The molecule has 1 aromatic rings. The van der Waals surface area contributed by atoms with Gasteiger partial charge in [-0.2, -0.15) is 0 Å². The number of ether oxygens (including phenoxy) is 1. The molecule has 1 amide bonds. The predicted octanol–water partition coefficient (Wildman–Crippen LogP) is 1.19. The molecule has 0 aliphatic heterocycles. The van der Waals surface area contributed by atoms with Gasteiger partial charge >= 0.3 is 0 Å². The third-order valence-corrected chi connectivity index (χ3v) is 2.19. The van der Waals surface area contributed by atoms with Crippen LogP contribution in [0.5, 0.6) is 5.75 Å². The Bertz CT molecular complexity index is 383. The quantitative estimate of drug-likeness (QED) is 0.785. The highest BCUT2D eigenvalue weighted by Gasteiger charge is 2.05. The second-order valence-electron chi connectivity index (χ2n) is 3.60. The van der Waals surface area contributed by atoms with Crippen LogP contribution in [0.4, 0.5) is 4.39 Å². The molecule has 0 fully saturated rings. The number of carbonyl (C=O) groups excluding carboxylic acids is 1. The van der Waals surface area contributed by atoms with Gasteiger partial charge in [0.2, 0.25) is 0 Å². The van der Waals surface area contributed by atoms with E-state index in [1.807, 2.05) is 6.92 Å². The van der Waals surface area contributed by atoms with Gasteiger partial charge in [0.1, 0.15) is 11.6 Å². The number of amides is 1. The van der Waals surface area contributed by atoms with Crippen molar-refractivity contribution in [1.82, 2.24) is 5.32 Å². The van der Waals surface area contributed by atoms with Crippen molar-refractivity contribution in [3.05, 3.63) is 29.6 Å². The fourth-order valence-corrected chi connectivity index (χ4v) is 1.25. The number of halogens is 1. The Morgan fingerprint density at radius 3 is 2.88 bits per heavy atom. The summed E-state index contributed by atoms with van der Waals surface area (Å²) < 4.78 is 18.5. The topological polar surface area (TPSA) is 64.3 Å². The van der Waals surface area contributed by atoms with Gasteiger partial charge < -0.3 is 15.8 Å². The summed E-state index contributed by atoms with van der Waals surface area (Å²) in [6.07, 6.45) is 0.867. The number of nitrogens with one attached hydrogen (secondary N) is 1. The number of carbonyl (C=O) groups is 1. The van der Waals surface area contributed by atoms with Gasteiger partial charge in [-0.05, 0) is 12.5 Å². The third-order valence-electron chi connectivity index (χ3n) is 2.19. The molecule has 1 aromatic carbocycles. The average molecular weight is 240 g/mol. The Morgan fingerprint density at radius 2 is 2.29 bits per heavy atom. The molecular formula is C12H17FN2O2. The summed E-state index contributed by atoms with van der Waals surface area (Å²) in [6, 6.07) is 4.38. The lowest BCUT2D eigenvalue weighted by Gasteiger charge is -2.08. The van der Waals surface area contributed by atoms with Crippen LogP contribution >= 0.6 is 0 Å². The van der Waals surface area contributed by atoms with Crippen LogP contribution in [-0.4, -0.2) is 19.1 Å². The Hall–Kier alpha value is -1.62. The van der Waals surface area contributed by atoms with E-state index in [4.69, 9.17) is 10.5 Å². The van der Waals surface area contributed by atoms with Gasteiger partial charge in [0.25, 0.3) is 5.91 Å². The highest BCUT2D eigenvalue weighted by atomic mass is 19.1. The number of nitrogens with two attached hydrogens (primary N) is 1. The molecule has 5 heteroatoms. The van der Waals surface area contributed by atoms with Crippen molar-refractivity contribution in [3.8, 4) is 5.75 Å². The lowest BCUT2D eigenvalue weighted by atomic mass is 10.2. The zero-order chi connectivity index (χ0) is 12.7. The highest BCUT2D eigenvalue weighted by Crippen LogP contribution is 2.16. The summed E-state index contributed by atoms with van der Waals surface area (Å²) in [5, 5.41) is 2.66. The average Bonchev–Trinajstić information content (AvgIpc) is 2.34. The largest absolute Gasteiger partial charge is 0.484 e. The first-order valence-electron chi connectivity index (χ1n) is 5.55. The third kappa shape index (κ3) is 4.40. The van der Waals surface area contributed by atoms with E-state index in [0.717, 1.165) is 6.42 Å². The van der Waals surface area contributed by atoms with Crippen LogP contribution in [0.3, 0.4) is 0 Å². The van der Waals surface area contributed by atoms with E-state index >= 15 is 0 Å². The number of hydrogen-bond donors (Lipinski definition) is 2. The van der Waals surface area contributed by atoms with Crippen LogP contribution in [0, 0.1) is 5.82 Å². The standard InChI is InChI=1S/C12H17FN2O2/c1-2-5-15-12(16)8-17-10-4-3-9(7-14)11(13)6-10/h3-4,6H,2,5,7-8,14H2,1H3,(H,15,16). The van der Waals surface area contributed by atoms with Crippen molar-refractivity contribution < 1.29 is 13.9 Å². The minimum absolute atomic E-state index is 0.110. The molecule has 0 aliphatic carbocycles. The van der Waals surface area contributed by atoms with Crippen molar-refractivity contribution in [2.75, 3.05) is 13.2 Å². The molecule has 3 N–H and O–H groups in total. The Morgan fingerprint density at radius 1 is 1.53 bits per heavy atom. The fraction of sp³-hybridized carbons (Fsp3) is 0.417. The molecule has 0 saturated carbocycles. The molecule has 0 bridgehead atoms. The molecule has 0 saturated heterocycles. The Labute approximate surface area is 100.0 Å². The van der Waals surface area contributed by atoms with Gasteiger partial charge in [0.05, 0.1) is 0 Å². The van der Waals surface area contributed by atoms with Gasteiger partial charge in [-0.25, -0.2) is 4.39 Å². The number of hydrogen-bond acceptors (Lipinski definition) is 3. The van der Waals surface area contributed by atoms with Crippen molar-refractivity contribution in [3.63, 3.8) is 0 Å². The minimum Gasteiger partial charge on any atom is -0.484 e.